The van der Waals surface area contributed by atoms with Gasteiger partial charge in [0.05, 0.1) is 5.41 Å². The molecule has 6 heteroatoms. The Kier molecular flexibility index (Phi) is 7.05. The van der Waals surface area contributed by atoms with Gasteiger partial charge in [-0.2, -0.15) is 5.23 Å². The summed E-state index contributed by atoms with van der Waals surface area (Å²) in [6.45, 7) is 18.2. The highest BCUT2D eigenvalue weighted by Crippen LogP contribution is 2.77. The Morgan fingerprint density at radius 3 is 2.37 bits per heavy atom. The number of quaternary nitrogens is 1. The fourth-order valence-electron chi connectivity index (χ4n) is 12.5. The van der Waals surface area contributed by atoms with E-state index in [1.807, 2.05) is 12.1 Å². The van der Waals surface area contributed by atoms with Crippen LogP contribution in [0.4, 0.5) is 5.69 Å². The van der Waals surface area contributed by atoms with Crippen molar-refractivity contribution in [2.24, 2.45) is 56.7 Å². The van der Waals surface area contributed by atoms with Crippen LogP contribution >= 0.6 is 0 Å². The molecule has 5 aliphatic rings. The van der Waals surface area contributed by atoms with E-state index in [-0.39, 0.29) is 45.5 Å². The molecule has 0 aromatic heterocycles. The number of allylic oxidation sites excluding steroid dienone is 2. The van der Waals surface area contributed by atoms with Crippen LogP contribution in [0.25, 0.3) is 6.08 Å². The summed E-state index contributed by atoms with van der Waals surface area (Å²) in [5, 5.41) is 30.9. The van der Waals surface area contributed by atoms with Crippen LogP contribution in [-0.4, -0.2) is 22.1 Å². The van der Waals surface area contributed by atoms with Gasteiger partial charge >= 0.3 is 5.97 Å². The number of fused-ring (bicyclic) bond motifs is 7. The highest BCUT2D eigenvalue weighted by atomic mass is 16.8. The Labute approximate surface area is 257 Å². The number of carboxylic acid groups (broad SMARTS) is 1. The molecule has 10 atom stereocenters. The second-order valence-electron chi connectivity index (χ2n) is 16.5. The number of benzene rings is 1. The highest BCUT2D eigenvalue weighted by Gasteiger charge is 2.72. The van der Waals surface area contributed by atoms with Crippen LogP contribution in [0.5, 0.6) is 0 Å². The van der Waals surface area contributed by atoms with Gasteiger partial charge < -0.3 is 10.3 Å². The Hall–Kier alpha value is -2.28. The largest absolute Gasteiger partial charge is 0.595 e. The predicted molar refractivity (Wildman–Crippen MR) is 167 cm³/mol. The molecule has 0 amide bonds. The number of hydrogen-bond acceptors (Lipinski definition) is 4. The molecule has 3 N–H and O–H groups in total. The lowest BCUT2D eigenvalue weighted by atomic mass is 9.32. The summed E-state index contributed by atoms with van der Waals surface area (Å²) >= 11 is 0. The molecular formula is C37H51NO5. The van der Waals surface area contributed by atoms with Gasteiger partial charge in [0.1, 0.15) is 0 Å². The third kappa shape index (κ3) is 4.08. The molecule has 1 aromatic rings. The maximum Gasteiger partial charge on any atom is 0.309 e. The Morgan fingerprint density at radius 2 is 1.72 bits per heavy atom. The first-order valence-corrected chi connectivity index (χ1v) is 16.5. The Balaban J connectivity index is 1.41. The van der Waals surface area contributed by atoms with E-state index in [0.717, 1.165) is 68.1 Å². The number of nitrogens with one attached hydrogen (secondary N) is 1. The van der Waals surface area contributed by atoms with E-state index in [0.29, 0.717) is 18.3 Å². The third-order valence-corrected chi connectivity index (χ3v) is 14.6. The average Bonchev–Trinajstić information content (AvgIpc) is 3.34. The number of aliphatic carboxylic acids is 1. The van der Waals surface area contributed by atoms with Gasteiger partial charge in [-0.3, -0.25) is 9.59 Å². The molecule has 0 saturated heterocycles. The summed E-state index contributed by atoms with van der Waals surface area (Å²) in [6.07, 6.45) is 10.2. The number of ketones is 1. The van der Waals surface area contributed by atoms with E-state index in [1.165, 1.54) is 0 Å². The molecule has 234 valence electrons. The molecule has 1 aromatic carbocycles. The summed E-state index contributed by atoms with van der Waals surface area (Å²) in [6, 6.07) is 6.89. The van der Waals surface area contributed by atoms with Gasteiger partial charge in [-0.05, 0) is 128 Å². The number of hydrogen-bond donors (Lipinski definition) is 3. The lowest BCUT2D eigenvalue weighted by molar-refractivity contribution is -0.991. The minimum atomic E-state index is -0.967. The lowest BCUT2D eigenvalue weighted by Crippen LogP contribution is -2.99. The predicted octanol–water partition coefficient (Wildman–Crippen LogP) is 7.39. The van der Waals surface area contributed by atoms with E-state index in [4.69, 9.17) is 0 Å². The van der Waals surface area contributed by atoms with Crippen LogP contribution in [0.2, 0.25) is 0 Å². The zero-order chi connectivity index (χ0) is 31.3. The number of rotatable bonds is 4. The van der Waals surface area contributed by atoms with Crippen molar-refractivity contribution in [2.45, 2.75) is 99.3 Å². The van der Waals surface area contributed by atoms with Crippen LogP contribution in [-0.2, 0) is 9.59 Å². The number of carboxylic acids is 1. The van der Waals surface area contributed by atoms with E-state index in [2.05, 4.69) is 48.1 Å². The number of carbonyl (C=O) groups excluding carboxylic acids is 1. The summed E-state index contributed by atoms with van der Waals surface area (Å²) in [5.41, 5.74) is 1.80. The van der Waals surface area contributed by atoms with Crippen molar-refractivity contribution in [1.82, 2.24) is 0 Å². The zero-order valence-corrected chi connectivity index (χ0v) is 27.0. The van der Waals surface area contributed by atoms with Crippen LogP contribution in [0, 0.1) is 61.9 Å². The smallest absolute Gasteiger partial charge is 0.309 e. The van der Waals surface area contributed by atoms with Gasteiger partial charge in [-0.15, -0.1) is 0 Å². The standard InChI is InChI=1S/C37H51NO5/c1-22(2)26-13-16-37(32(40)41)18-17-35(6)27(30(26)37)11-12-29-34(5)21-24(19-23-9-8-10-25(20-23)38(42)43)31(39)33(3,4)28(34)14-15-36(29,35)7/h8-10,19-20,26-30,38,42H,1,11-18,21H2,2-7H3,(H,40,41). The molecule has 0 radical (unpaired) electrons. The molecule has 10 unspecified atom stereocenters. The first-order valence-electron chi connectivity index (χ1n) is 16.5. The summed E-state index contributed by atoms with van der Waals surface area (Å²) in [4.78, 5) is 27.0. The maximum atomic E-state index is 14.1. The van der Waals surface area contributed by atoms with Crippen LogP contribution < -0.4 is 5.23 Å². The zero-order valence-electron chi connectivity index (χ0n) is 27.0. The molecule has 0 spiro atoms. The summed E-state index contributed by atoms with van der Waals surface area (Å²) < 4.78 is 0. The van der Waals surface area contributed by atoms with Gasteiger partial charge in [0, 0.05) is 17.5 Å². The van der Waals surface area contributed by atoms with E-state index in [9.17, 15) is 25.1 Å². The molecule has 43 heavy (non-hydrogen) atoms. The fourth-order valence-corrected chi connectivity index (χ4v) is 12.5. The molecule has 6 rings (SSSR count). The quantitative estimate of drug-likeness (QED) is 0.193. The molecule has 5 fully saturated rings. The SMILES string of the molecule is C=C(C)C1CCC2(C(=O)O)CCC3(C)C(CCC4C5(C)CC(=Cc6cccc([NH+]([O-])O)c6)C(=O)C(C)(C)C5CCC43C)C12. The Morgan fingerprint density at radius 1 is 1.00 bits per heavy atom. The van der Waals surface area contributed by atoms with Crippen LogP contribution in [0.3, 0.4) is 0 Å². The van der Waals surface area contributed by atoms with Crippen molar-refractivity contribution in [3.8, 4) is 0 Å². The van der Waals surface area contributed by atoms with E-state index < -0.39 is 22.0 Å². The Bertz CT molecular complexity index is 1390. The first kappa shape index (κ1) is 30.7. The number of carbonyl (C=O) groups is 2. The molecule has 0 heterocycles. The van der Waals surface area contributed by atoms with Crippen molar-refractivity contribution in [1.29, 1.82) is 0 Å². The topological polar surface area (TPSA) is 102 Å². The second kappa shape index (κ2) is 9.86. The molecular weight excluding hydrogens is 538 g/mol. The second-order valence-corrected chi connectivity index (χ2v) is 16.5. The minimum Gasteiger partial charge on any atom is -0.595 e. The third-order valence-electron chi connectivity index (χ3n) is 14.6. The van der Waals surface area contributed by atoms with Crippen molar-refractivity contribution < 1.29 is 25.1 Å². The first-order chi connectivity index (χ1) is 20.0. The van der Waals surface area contributed by atoms with Gasteiger partial charge in [-0.25, -0.2) is 5.21 Å². The van der Waals surface area contributed by atoms with Crippen LogP contribution in [0.1, 0.15) is 105 Å². The fraction of sp³-hybridized carbons (Fsp3) is 0.676. The van der Waals surface area contributed by atoms with E-state index in [1.54, 1.807) is 18.2 Å². The number of Topliss-reactive ketones (excluding diaryl/α,β-unsaturated/α-hetero) is 1. The molecule has 0 aliphatic heterocycles. The van der Waals surface area contributed by atoms with Crippen molar-refractivity contribution in [2.75, 3.05) is 0 Å². The maximum absolute atomic E-state index is 14.1. The summed E-state index contributed by atoms with van der Waals surface area (Å²) in [5.74, 6) is 1.06. The normalized spacial score (nSPS) is 45.0. The molecule has 0 bridgehead atoms. The lowest BCUT2D eigenvalue weighted by Gasteiger charge is -2.72. The van der Waals surface area contributed by atoms with Gasteiger partial charge in [0.2, 0.25) is 0 Å². The summed E-state index contributed by atoms with van der Waals surface area (Å²) in [7, 11) is 0. The van der Waals surface area contributed by atoms with Gasteiger partial charge in [0.25, 0.3) is 0 Å². The molecule has 6 nitrogen and oxygen atoms in total. The minimum absolute atomic E-state index is 0.0247. The van der Waals surface area contributed by atoms with Gasteiger partial charge in [0.15, 0.2) is 11.5 Å². The molecule has 5 aliphatic carbocycles. The van der Waals surface area contributed by atoms with Crippen LogP contribution in [0.15, 0.2) is 42.0 Å². The highest BCUT2D eigenvalue weighted by molar-refractivity contribution is 6.04. The monoisotopic (exact) mass is 589 g/mol. The average molecular weight is 590 g/mol. The van der Waals surface area contributed by atoms with E-state index >= 15 is 0 Å². The van der Waals surface area contributed by atoms with Crippen molar-refractivity contribution >= 4 is 23.5 Å². The van der Waals surface area contributed by atoms with Crippen molar-refractivity contribution in [3.05, 3.63) is 52.8 Å². The molecule has 5 saturated carbocycles. The van der Waals surface area contributed by atoms with Gasteiger partial charge in [-0.1, -0.05) is 58.9 Å². The van der Waals surface area contributed by atoms with Crippen molar-refractivity contribution in [3.63, 3.8) is 0 Å².